The maximum atomic E-state index is 12.7. The molecular weight excluding hydrogens is 392 g/mol. The number of likely N-dealkylation sites (tertiary alicyclic amines) is 1. The molecule has 0 spiro atoms. The van der Waals surface area contributed by atoms with Crippen LogP contribution in [0.1, 0.15) is 25.7 Å². The third-order valence-corrected chi connectivity index (χ3v) is 5.19. The summed E-state index contributed by atoms with van der Waals surface area (Å²) < 4.78 is 10.9. The van der Waals surface area contributed by atoms with Gasteiger partial charge in [0, 0.05) is 31.5 Å². The standard InChI is InChI=1S/C18H24N6O3.CH2O2/c25-17(13-2-1-9-24(12-13)15-7-10-26-11-8-15)19-14-3-5-16(6-4-14)27-18-20-22-23-21-18;2-1-3/h3-6,13,15H,1-2,7-12H2,(H,19,25)(H,20,21,22,23);1H,(H,2,3). The highest BCUT2D eigenvalue weighted by atomic mass is 16.5. The Bertz CT molecular complexity index is 779. The molecular formula is C19H26N6O5. The van der Waals surface area contributed by atoms with Gasteiger partial charge in [0.15, 0.2) is 0 Å². The van der Waals surface area contributed by atoms with E-state index in [4.69, 9.17) is 19.4 Å². The van der Waals surface area contributed by atoms with Crippen molar-refractivity contribution >= 4 is 18.1 Å². The zero-order valence-electron chi connectivity index (χ0n) is 16.6. The van der Waals surface area contributed by atoms with Crippen molar-refractivity contribution in [3.05, 3.63) is 24.3 Å². The van der Waals surface area contributed by atoms with Crippen molar-refractivity contribution in [2.75, 3.05) is 31.6 Å². The van der Waals surface area contributed by atoms with E-state index in [1.807, 2.05) is 12.1 Å². The summed E-state index contributed by atoms with van der Waals surface area (Å²) >= 11 is 0. The highest BCUT2D eigenvalue weighted by molar-refractivity contribution is 5.92. The predicted octanol–water partition coefficient (Wildman–Crippen LogP) is 1.52. The quantitative estimate of drug-likeness (QED) is 0.616. The van der Waals surface area contributed by atoms with E-state index in [1.54, 1.807) is 12.1 Å². The summed E-state index contributed by atoms with van der Waals surface area (Å²) in [6.45, 7) is 3.32. The summed E-state index contributed by atoms with van der Waals surface area (Å²) in [6, 6.07) is 7.86. The fourth-order valence-corrected chi connectivity index (χ4v) is 3.75. The minimum Gasteiger partial charge on any atom is -0.483 e. The van der Waals surface area contributed by atoms with Gasteiger partial charge in [-0.25, -0.2) is 0 Å². The van der Waals surface area contributed by atoms with E-state index < -0.39 is 0 Å². The average Bonchev–Trinajstić information content (AvgIpc) is 3.29. The number of carboxylic acid groups (broad SMARTS) is 1. The number of benzene rings is 1. The van der Waals surface area contributed by atoms with Crippen molar-refractivity contribution in [2.24, 2.45) is 5.92 Å². The number of nitrogens with one attached hydrogen (secondary N) is 2. The lowest BCUT2D eigenvalue weighted by Gasteiger charge is -2.39. The van der Waals surface area contributed by atoms with Crippen molar-refractivity contribution in [1.82, 2.24) is 25.5 Å². The number of amides is 1. The molecule has 4 rings (SSSR count). The average molecular weight is 418 g/mol. The van der Waals surface area contributed by atoms with Gasteiger partial charge >= 0.3 is 6.01 Å². The van der Waals surface area contributed by atoms with Gasteiger partial charge in [0.05, 0.1) is 5.92 Å². The molecule has 0 bridgehead atoms. The van der Waals surface area contributed by atoms with Gasteiger partial charge in [0.2, 0.25) is 5.91 Å². The lowest BCUT2D eigenvalue weighted by Crippen LogP contribution is -2.47. The number of ether oxygens (including phenoxy) is 2. The second-order valence-electron chi connectivity index (χ2n) is 7.09. The third kappa shape index (κ3) is 6.22. The number of rotatable bonds is 5. The van der Waals surface area contributed by atoms with Crippen LogP contribution in [0.3, 0.4) is 0 Å². The van der Waals surface area contributed by atoms with Gasteiger partial charge in [-0.1, -0.05) is 10.2 Å². The van der Waals surface area contributed by atoms with E-state index in [0.717, 1.165) is 57.7 Å². The minimum atomic E-state index is -0.250. The van der Waals surface area contributed by atoms with Gasteiger partial charge < -0.3 is 19.9 Å². The smallest absolute Gasteiger partial charge is 0.361 e. The number of aromatic amines is 1. The Kier molecular flexibility index (Phi) is 8.10. The number of nitrogens with zero attached hydrogens (tertiary/aromatic N) is 4. The number of tetrazole rings is 1. The van der Waals surface area contributed by atoms with E-state index in [0.29, 0.717) is 11.8 Å². The fourth-order valence-electron chi connectivity index (χ4n) is 3.75. The number of H-pyrrole nitrogens is 1. The number of hydrogen-bond acceptors (Lipinski definition) is 8. The first kappa shape index (κ1) is 21.7. The van der Waals surface area contributed by atoms with Crippen LogP contribution in [0.4, 0.5) is 5.69 Å². The van der Waals surface area contributed by atoms with Crippen molar-refractivity contribution in [3.8, 4) is 11.8 Å². The SMILES string of the molecule is O=C(Nc1ccc(Oc2nn[nH]n2)cc1)C1CCCN(C2CCOCC2)C1.O=CO. The highest BCUT2D eigenvalue weighted by Gasteiger charge is 2.30. The Labute approximate surface area is 173 Å². The van der Waals surface area contributed by atoms with Crippen LogP contribution in [-0.2, 0) is 14.3 Å². The molecule has 2 fully saturated rings. The van der Waals surface area contributed by atoms with Crippen LogP contribution in [0.2, 0.25) is 0 Å². The summed E-state index contributed by atoms with van der Waals surface area (Å²) in [5.74, 6) is 0.688. The second kappa shape index (κ2) is 11.2. The summed E-state index contributed by atoms with van der Waals surface area (Å²) in [7, 11) is 0. The summed E-state index contributed by atoms with van der Waals surface area (Å²) in [5.41, 5.74) is 0.753. The van der Waals surface area contributed by atoms with Gasteiger partial charge in [0.1, 0.15) is 5.75 Å². The van der Waals surface area contributed by atoms with Gasteiger partial charge in [-0.15, -0.1) is 0 Å². The van der Waals surface area contributed by atoms with Crippen LogP contribution in [0, 0.1) is 5.92 Å². The lowest BCUT2D eigenvalue weighted by atomic mass is 9.94. The van der Waals surface area contributed by atoms with E-state index in [1.165, 1.54) is 0 Å². The van der Waals surface area contributed by atoms with Crippen LogP contribution < -0.4 is 10.1 Å². The summed E-state index contributed by atoms with van der Waals surface area (Å²) in [4.78, 5) is 23.5. The van der Waals surface area contributed by atoms with Gasteiger partial charge in [0.25, 0.3) is 6.47 Å². The molecule has 2 saturated heterocycles. The topological polar surface area (TPSA) is 143 Å². The Hall–Kier alpha value is -3.05. The Morgan fingerprint density at radius 2 is 2.00 bits per heavy atom. The van der Waals surface area contributed by atoms with Crippen LogP contribution in [0.15, 0.2) is 24.3 Å². The minimum absolute atomic E-state index is 0.0249. The zero-order valence-corrected chi connectivity index (χ0v) is 16.6. The molecule has 2 aliphatic heterocycles. The fraction of sp³-hybridized carbons (Fsp3) is 0.526. The first-order chi connectivity index (χ1) is 14.7. The number of carbonyl (C=O) groups is 2. The monoisotopic (exact) mass is 418 g/mol. The van der Waals surface area contributed by atoms with E-state index >= 15 is 0 Å². The normalized spacial score (nSPS) is 19.9. The molecule has 1 unspecified atom stereocenters. The van der Waals surface area contributed by atoms with Crippen molar-refractivity contribution in [1.29, 1.82) is 0 Å². The molecule has 11 heteroatoms. The number of aromatic nitrogens is 4. The number of carbonyl (C=O) groups excluding carboxylic acids is 1. The molecule has 1 aromatic carbocycles. The molecule has 162 valence electrons. The molecule has 3 heterocycles. The second-order valence-corrected chi connectivity index (χ2v) is 7.09. The highest BCUT2D eigenvalue weighted by Crippen LogP contribution is 2.25. The van der Waals surface area contributed by atoms with Gasteiger partial charge in [-0.3, -0.25) is 14.5 Å². The van der Waals surface area contributed by atoms with E-state index in [-0.39, 0.29) is 24.3 Å². The number of hydrogen-bond donors (Lipinski definition) is 3. The Balaban J connectivity index is 0.000000806. The zero-order chi connectivity index (χ0) is 21.2. The summed E-state index contributed by atoms with van der Waals surface area (Å²) in [5, 5.41) is 23.2. The van der Waals surface area contributed by atoms with Crippen LogP contribution in [0.25, 0.3) is 0 Å². The Morgan fingerprint density at radius 1 is 1.27 bits per heavy atom. The van der Waals surface area contributed by atoms with Crippen LogP contribution in [0.5, 0.6) is 11.8 Å². The first-order valence-corrected chi connectivity index (χ1v) is 9.91. The predicted molar refractivity (Wildman–Crippen MR) is 106 cm³/mol. The van der Waals surface area contributed by atoms with Crippen molar-refractivity contribution in [3.63, 3.8) is 0 Å². The van der Waals surface area contributed by atoms with Crippen molar-refractivity contribution < 1.29 is 24.2 Å². The molecule has 0 saturated carbocycles. The first-order valence-electron chi connectivity index (χ1n) is 9.91. The molecule has 0 radical (unpaired) electrons. The molecule has 1 atom stereocenters. The van der Waals surface area contributed by atoms with Gasteiger partial charge in [-0.05, 0) is 61.7 Å². The van der Waals surface area contributed by atoms with Gasteiger partial charge in [-0.2, -0.15) is 5.21 Å². The Morgan fingerprint density at radius 3 is 2.67 bits per heavy atom. The molecule has 3 N–H and O–H groups in total. The number of piperidine rings is 1. The lowest BCUT2D eigenvalue weighted by molar-refractivity contribution is -0.123. The molecule has 1 aromatic heterocycles. The number of anilines is 1. The van der Waals surface area contributed by atoms with Crippen molar-refractivity contribution in [2.45, 2.75) is 31.7 Å². The van der Waals surface area contributed by atoms with Crippen LogP contribution in [-0.4, -0.2) is 75.4 Å². The maximum absolute atomic E-state index is 12.7. The molecule has 1 amide bonds. The van der Waals surface area contributed by atoms with E-state index in [2.05, 4.69) is 30.8 Å². The largest absolute Gasteiger partial charge is 0.483 e. The molecule has 30 heavy (non-hydrogen) atoms. The maximum Gasteiger partial charge on any atom is 0.361 e. The van der Waals surface area contributed by atoms with Crippen LogP contribution >= 0.6 is 0 Å². The summed E-state index contributed by atoms with van der Waals surface area (Å²) in [6.07, 6.45) is 4.13. The molecule has 11 nitrogen and oxygen atoms in total. The molecule has 0 aliphatic carbocycles. The molecule has 2 aromatic rings. The molecule has 2 aliphatic rings. The third-order valence-electron chi connectivity index (χ3n) is 5.19. The van der Waals surface area contributed by atoms with E-state index in [9.17, 15) is 4.79 Å².